The van der Waals surface area contributed by atoms with Crippen LogP contribution in [-0.2, 0) is 6.54 Å². The van der Waals surface area contributed by atoms with Gasteiger partial charge >= 0.3 is 0 Å². The summed E-state index contributed by atoms with van der Waals surface area (Å²) in [6.07, 6.45) is 0. The van der Waals surface area contributed by atoms with E-state index in [1.807, 2.05) is 6.07 Å². The van der Waals surface area contributed by atoms with E-state index in [1.54, 1.807) is 0 Å². The number of halogens is 1. The number of carboxylic acid groups (broad SMARTS) is 1. The fourth-order valence-electron chi connectivity index (χ4n) is 2.85. The Morgan fingerprint density at radius 3 is 2.46 bits per heavy atom. The van der Waals surface area contributed by atoms with Gasteiger partial charge < -0.3 is 24.7 Å². The average molecular weight is 377 g/mol. The quantitative estimate of drug-likeness (QED) is 0.844. The van der Waals surface area contributed by atoms with E-state index < -0.39 is 5.97 Å². The van der Waals surface area contributed by atoms with E-state index in [-0.39, 0.29) is 5.56 Å². The number of quaternary nitrogens is 1. The summed E-state index contributed by atoms with van der Waals surface area (Å²) < 4.78 is 10.7. The van der Waals surface area contributed by atoms with Crippen molar-refractivity contribution in [3.05, 3.63) is 58.6 Å². The van der Waals surface area contributed by atoms with Gasteiger partial charge in [-0.25, -0.2) is 0 Å². The molecule has 2 aromatic carbocycles. The number of rotatable bonds is 3. The largest absolute Gasteiger partial charge is 0.545 e. The molecule has 0 amide bonds. The summed E-state index contributed by atoms with van der Waals surface area (Å²) >= 11 is 5.50. The lowest BCUT2D eigenvalue weighted by molar-refractivity contribution is -0.663. The van der Waals surface area contributed by atoms with Crippen molar-refractivity contribution >= 4 is 17.6 Å². The Kier molecular flexibility index (Phi) is 6.33. The van der Waals surface area contributed by atoms with E-state index in [0.29, 0.717) is 11.8 Å². The fourth-order valence-corrected chi connectivity index (χ4v) is 2.97. The van der Waals surface area contributed by atoms with Crippen molar-refractivity contribution in [2.75, 3.05) is 33.0 Å². The normalized spacial score (nSPS) is 15.9. The average Bonchev–Trinajstić information content (AvgIpc) is 3.11. The van der Waals surface area contributed by atoms with Gasteiger partial charge in [0, 0.05) is 24.7 Å². The van der Waals surface area contributed by atoms with Crippen LogP contribution in [0.1, 0.15) is 15.9 Å². The molecule has 0 saturated carbocycles. The van der Waals surface area contributed by atoms with Crippen LogP contribution >= 0.6 is 11.6 Å². The number of nitrogens with two attached hydrogens (primary N) is 1. The van der Waals surface area contributed by atoms with Crippen LogP contribution in [0.2, 0.25) is 5.02 Å². The number of piperazine rings is 1. The highest BCUT2D eigenvalue weighted by molar-refractivity contribution is 6.30. The van der Waals surface area contributed by atoms with Crippen molar-refractivity contribution < 1.29 is 24.7 Å². The molecule has 2 aliphatic rings. The standard InChI is InChI=1S/C12H16N2O2.C7H5ClO2/c1-2-11-12(16-9-15-11)7-10(1)8-14-5-3-13-4-6-14;8-6-3-1-5(2-4-6)7(9)10/h1-2,7,13H,3-6,8-9H2;1-4H,(H,9,10). The van der Waals surface area contributed by atoms with Gasteiger partial charge in [0.25, 0.3) is 0 Å². The van der Waals surface area contributed by atoms with Crippen LogP contribution in [0.3, 0.4) is 0 Å². The zero-order valence-corrected chi connectivity index (χ0v) is 15.1. The summed E-state index contributed by atoms with van der Waals surface area (Å²) in [6, 6.07) is 12.1. The molecule has 4 rings (SSSR count). The van der Waals surface area contributed by atoms with Gasteiger partial charge in [0.2, 0.25) is 6.79 Å². The second-order valence-corrected chi connectivity index (χ2v) is 6.56. The number of nitrogens with zero attached hydrogens (tertiary/aromatic N) is 1. The lowest BCUT2D eigenvalue weighted by Crippen LogP contribution is -2.89. The van der Waals surface area contributed by atoms with Crippen LogP contribution in [0.15, 0.2) is 42.5 Å². The molecule has 0 aliphatic carbocycles. The van der Waals surface area contributed by atoms with Crippen molar-refractivity contribution in [1.29, 1.82) is 0 Å². The molecule has 6 nitrogen and oxygen atoms in total. The van der Waals surface area contributed by atoms with E-state index in [0.717, 1.165) is 18.0 Å². The predicted octanol–water partition coefficient (Wildman–Crippen LogP) is 0.498. The summed E-state index contributed by atoms with van der Waals surface area (Å²) in [7, 11) is 0. The second kappa shape index (κ2) is 8.89. The van der Waals surface area contributed by atoms with Crippen LogP contribution in [-0.4, -0.2) is 43.8 Å². The molecule has 1 fully saturated rings. The zero-order chi connectivity index (χ0) is 18.4. The molecule has 0 unspecified atom stereocenters. The first-order valence-corrected chi connectivity index (χ1v) is 8.89. The SMILES string of the molecule is O=C([O-])c1ccc(Cl)cc1.c1cc2c(cc1CN1CC[NH2+]CC1)OCO2. The summed E-state index contributed by atoms with van der Waals surface area (Å²) in [5, 5.41) is 13.0. The van der Waals surface area contributed by atoms with E-state index in [1.165, 1.54) is 56.0 Å². The second-order valence-electron chi connectivity index (χ2n) is 6.12. The molecule has 2 heterocycles. The summed E-state index contributed by atoms with van der Waals surface area (Å²) in [4.78, 5) is 12.6. The minimum Gasteiger partial charge on any atom is -0.545 e. The highest BCUT2D eigenvalue weighted by Crippen LogP contribution is 2.32. The van der Waals surface area contributed by atoms with Crippen LogP contribution in [0.5, 0.6) is 11.5 Å². The van der Waals surface area contributed by atoms with Crippen molar-refractivity contribution in [3.63, 3.8) is 0 Å². The van der Waals surface area contributed by atoms with E-state index in [4.69, 9.17) is 21.1 Å². The molecule has 0 radical (unpaired) electrons. The zero-order valence-electron chi connectivity index (χ0n) is 14.3. The van der Waals surface area contributed by atoms with Gasteiger partial charge in [-0.15, -0.1) is 0 Å². The molecule has 0 spiro atoms. The highest BCUT2D eigenvalue weighted by Gasteiger charge is 2.16. The van der Waals surface area contributed by atoms with Crippen LogP contribution in [0, 0.1) is 0 Å². The van der Waals surface area contributed by atoms with Crippen molar-refractivity contribution in [2.45, 2.75) is 6.54 Å². The highest BCUT2D eigenvalue weighted by atomic mass is 35.5. The van der Waals surface area contributed by atoms with Gasteiger partial charge in [-0.1, -0.05) is 29.8 Å². The number of aromatic carboxylic acids is 1. The maximum atomic E-state index is 10.2. The molecule has 2 aromatic rings. The molecule has 0 aromatic heterocycles. The van der Waals surface area contributed by atoms with Gasteiger partial charge in [0.15, 0.2) is 11.5 Å². The van der Waals surface area contributed by atoms with Crippen molar-refractivity contribution in [1.82, 2.24) is 4.90 Å². The number of ether oxygens (including phenoxy) is 2. The third-order valence-electron chi connectivity index (χ3n) is 4.22. The fraction of sp³-hybridized carbons (Fsp3) is 0.316. The molecule has 0 atom stereocenters. The summed E-state index contributed by atoms with van der Waals surface area (Å²) in [5.74, 6) is 0.577. The Morgan fingerprint density at radius 2 is 1.77 bits per heavy atom. The first-order chi connectivity index (χ1) is 12.6. The Balaban J connectivity index is 0.000000170. The lowest BCUT2D eigenvalue weighted by atomic mass is 10.2. The molecule has 7 heteroatoms. The van der Waals surface area contributed by atoms with Crippen LogP contribution in [0.4, 0.5) is 0 Å². The molecule has 138 valence electrons. The maximum Gasteiger partial charge on any atom is 0.231 e. The van der Waals surface area contributed by atoms with Gasteiger partial charge in [0.05, 0.1) is 19.1 Å². The van der Waals surface area contributed by atoms with Crippen molar-refractivity contribution in [2.24, 2.45) is 0 Å². The third-order valence-corrected chi connectivity index (χ3v) is 4.47. The lowest BCUT2D eigenvalue weighted by Gasteiger charge is -2.24. The molecule has 2 aliphatic heterocycles. The number of hydrogen-bond donors (Lipinski definition) is 1. The minimum atomic E-state index is -1.18. The predicted molar refractivity (Wildman–Crippen MR) is 95.3 cm³/mol. The number of carbonyl (C=O) groups excluding carboxylic acids is 1. The smallest absolute Gasteiger partial charge is 0.231 e. The van der Waals surface area contributed by atoms with Crippen molar-refractivity contribution in [3.8, 4) is 11.5 Å². The van der Waals surface area contributed by atoms with Crippen LogP contribution < -0.4 is 19.9 Å². The molecule has 2 N–H and O–H groups in total. The topological polar surface area (TPSA) is 78.4 Å². The third kappa shape index (κ3) is 5.11. The number of carbonyl (C=O) groups is 1. The number of carboxylic acids is 1. The van der Waals surface area contributed by atoms with E-state index in [2.05, 4.69) is 22.3 Å². The van der Waals surface area contributed by atoms with E-state index in [9.17, 15) is 9.90 Å². The molecular formula is C19H21ClN2O4. The Labute approximate surface area is 157 Å². The number of hydrogen-bond acceptors (Lipinski definition) is 5. The molecular weight excluding hydrogens is 356 g/mol. The Hall–Kier alpha value is -2.28. The van der Waals surface area contributed by atoms with E-state index >= 15 is 0 Å². The molecule has 1 saturated heterocycles. The summed E-state index contributed by atoms with van der Waals surface area (Å²) in [5.41, 5.74) is 1.45. The monoisotopic (exact) mass is 376 g/mol. The first kappa shape index (κ1) is 18.5. The Morgan fingerprint density at radius 1 is 1.08 bits per heavy atom. The van der Waals surface area contributed by atoms with Crippen LogP contribution in [0.25, 0.3) is 0 Å². The number of benzene rings is 2. The van der Waals surface area contributed by atoms with Gasteiger partial charge in [-0.2, -0.15) is 0 Å². The van der Waals surface area contributed by atoms with Gasteiger partial charge in [0.1, 0.15) is 0 Å². The molecule has 0 bridgehead atoms. The van der Waals surface area contributed by atoms with Gasteiger partial charge in [-0.3, -0.25) is 4.90 Å². The maximum absolute atomic E-state index is 10.2. The Bertz CT molecular complexity index is 746. The number of fused-ring (bicyclic) bond motifs is 1. The minimum absolute atomic E-state index is 0.143. The molecule has 26 heavy (non-hydrogen) atoms. The first-order valence-electron chi connectivity index (χ1n) is 8.51. The summed E-state index contributed by atoms with van der Waals surface area (Å²) in [6.45, 7) is 6.15. The van der Waals surface area contributed by atoms with Gasteiger partial charge in [-0.05, 0) is 35.4 Å².